The SMILES string of the molecule is CCC[C@H](NC(=O)C1C[C@@H](Oc2c(F)cccc2F)CN1C(=O)[C@@H](NC(=O)[C@@H](NC(=O)c1cnccn1)C1CCCCC1)C(C)(C)C)C(=O)C(=O)NC1CC1. The molecule has 55 heavy (non-hydrogen) atoms. The fraction of sp³-hybridized carbons (Fsp3) is 0.590. The van der Waals surface area contributed by atoms with Gasteiger partial charge >= 0.3 is 0 Å². The average molecular weight is 768 g/mol. The topological polar surface area (TPSA) is 189 Å². The van der Waals surface area contributed by atoms with Crippen LogP contribution in [0.1, 0.15) is 102 Å². The Morgan fingerprint density at radius 3 is 2.24 bits per heavy atom. The normalized spacial score (nSPS) is 20.4. The van der Waals surface area contributed by atoms with Gasteiger partial charge in [-0.15, -0.1) is 0 Å². The van der Waals surface area contributed by atoms with Crippen molar-refractivity contribution in [1.82, 2.24) is 36.1 Å². The second-order valence-electron chi connectivity index (χ2n) is 15.7. The Kier molecular flexibility index (Phi) is 13.5. The summed E-state index contributed by atoms with van der Waals surface area (Å²) in [6, 6.07) is -1.64. The molecule has 2 aliphatic carbocycles. The summed E-state index contributed by atoms with van der Waals surface area (Å²) in [5, 5.41) is 11.0. The minimum atomic E-state index is -1.31. The number of amides is 5. The number of ether oxygens (including phenoxy) is 1. The van der Waals surface area contributed by atoms with Crippen molar-refractivity contribution in [3.05, 3.63) is 54.1 Å². The van der Waals surface area contributed by atoms with Crippen LogP contribution in [0.4, 0.5) is 8.78 Å². The molecule has 5 amide bonds. The maximum atomic E-state index is 14.7. The lowest BCUT2D eigenvalue weighted by molar-refractivity contribution is -0.145. The van der Waals surface area contributed by atoms with Crippen LogP contribution < -0.4 is 26.0 Å². The number of nitrogens with one attached hydrogen (secondary N) is 4. The number of Topliss-reactive ketones (excluding diaryl/α,β-unsaturated/α-hetero) is 1. The molecule has 5 atom stereocenters. The molecule has 298 valence electrons. The first kappa shape index (κ1) is 41.1. The summed E-state index contributed by atoms with van der Waals surface area (Å²) < 4.78 is 35.1. The summed E-state index contributed by atoms with van der Waals surface area (Å²) in [5.41, 5.74) is -0.925. The van der Waals surface area contributed by atoms with Gasteiger partial charge in [-0.3, -0.25) is 33.8 Å². The number of hydrogen-bond acceptors (Lipinski definition) is 9. The standard InChI is InChI=1S/C39H51F2N7O7/c1-5-10-27(31(49)37(53)44-23-15-16-23)45-35(51)29-19-24(55-32-25(40)13-9-14-26(32)41)21-48(29)38(54)33(39(2,3)4)47-36(52)30(22-11-7-6-8-12-22)46-34(50)28-20-42-17-18-43-28/h9,13-14,17-18,20,22-24,27,29-30,33H,5-8,10-12,15-16,19,21H2,1-4H3,(H,44,53)(H,45,51)(H,46,50)(H,47,52)/t24-,27+,29?,30+,33-/m1/s1. The molecule has 14 nitrogen and oxygen atoms in total. The molecule has 0 radical (unpaired) electrons. The molecule has 4 N–H and O–H groups in total. The predicted molar refractivity (Wildman–Crippen MR) is 195 cm³/mol. The van der Waals surface area contributed by atoms with Crippen LogP contribution in [0.5, 0.6) is 5.75 Å². The van der Waals surface area contributed by atoms with E-state index in [0.29, 0.717) is 19.3 Å². The maximum absolute atomic E-state index is 14.7. The van der Waals surface area contributed by atoms with E-state index >= 15 is 0 Å². The van der Waals surface area contributed by atoms with Gasteiger partial charge in [-0.25, -0.2) is 13.8 Å². The molecule has 0 spiro atoms. The number of rotatable bonds is 15. The van der Waals surface area contributed by atoms with Gasteiger partial charge in [0.15, 0.2) is 17.4 Å². The number of ketones is 1. The third kappa shape index (κ3) is 10.6. The third-order valence-electron chi connectivity index (χ3n) is 10.3. The summed E-state index contributed by atoms with van der Waals surface area (Å²) in [4.78, 5) is 91.2. The van der Waals surface area contributed by atoms with Crippen molar-refractivity contribution in [2.75, 3.05) is 6.54 Å². The molecular weight excluding hydrogens is 716 g/mol. The highest BCUT2D eigenvalue weighted by Gasteiger charge is 2.47. The zero-order valence-corrected chi connectivity index (χ0v) is 31.7. The zero-order valence-electron chi connectivity index (χ0n) is 31.7. The van der Waals surface area contributed by atoms with Gasteiger partial charge in [0, 0.05) is 24.9 Å². The third-order valence-corrected chi connectivity index (χ3v) is 10.3. The Hall–Kier alpha value is -5.02. The Balaban J connectivity index is 1.41. The lowest BCUT2D eigenvalue weighted by Crippen LogP contribution is -2.62. The number of benzene rings is 1. The molecule has 16 heteroatoms. The van der Waals surface area contributed by atoms with Crippen LogP contribution in [-0.4, -0.2) is 93.0 Å². The molecule has 5 rings (SSSR count). The smallest absolute Gasteiger partial charge is 0.289 e. The number of likely N-dealkylation sites (tertiary alicyclic amines) is 1. The highest BCUT2D eigenvalue weighted by atomic mass is 19.1. The fourth-order valence-corrected chi connectivity index (χ4v) is 7.15. The molecule has 1 aromatic heterocycles. The quantitative estimate of drug-likeness (QED) is 0.198. The van der Waals surface area contributed by atoms with Crippen LogP contribution in [0, 0.1) is 23.0 Å². The Morgan fingerprint density at radius 1 is 0.945 bits per heavy atom. The molecule has 0 bridgehead atoms. The van der Waals surface area contributed by atoms with Gasteiger partial charge in [0.2, 0.25) is 23.5 Å². The zero-order chi connectivity index (χ0) is 39.9. The Labute approximate surface area is 319 Å². The van der Waals surface area contributed by atoms with Crippen LogP contribution in [0.3, 0.4) is 0 Å². The summed E-state index contributed by atoms with van der Waals surface area (Å²) in [6.45, 7) is 6.68. The van der Waals surface area contributed by atoms with E-state index in [1.54, 1.807) is 27.7 Å². The molecular formula is C39H51F2N7O7. The van der Waals surface area contributed by atoms with Gasteiger partial charge in [0.25, 0.3) is 11.8 Å². The Bertz CT molecular complexity index is 1710. The number of aromatic nitrogens is 2. The second-order valence-corrected chi connectivity index (χ2v) is 15.7. The minimum absolute atomic E-state index is 0.0210. The summed E-state index contributed by atoms with van der Waals surface area (Å²) in [5.74, 6) is -7.15. The number of halogens is 2. The lowest BCUT2D eigenvalue weighted by Gasteiger charge is -2.37. The number of carbonyl (C=O) groups is 6. The van der Waals surface area contributed by atoms with Gasteiger partial charge in [0.05, 0.1) is 18.8 Å². The van der Waals surface area contributed by atoms with Gasteiger partial charge in [-0.05, 0) is 55.6 Å². The molecule has 3 fully saturated rings. The number of hydrogen-bond donors (Lipinski definition) is 4. The van der Waals surface area contributed by atoms with E-state index in [9.17, 15) is 37.5 Å². The molecule has 2 aromatic rings. The van der Waals surface area contributed by atoms with E-state index in [-0.39, 0.29) is 37.0 Å². The van der Waals surface area contributed by atoms with Crippen molar-refractivity contribution in [2.45, 2.75) is 128 Å². The van der Waals surface area contributed by atoms with E-state index in [1.807, 2.05) is 0 Å². The monoisotopic (exact) mass is 767 g/mol. The van der Waals surface area contributed by atoms with Crippen molar-refractivity contribution in [2.24, 2.45) is 11.3 Å². The molecule has 1 saturated heterocycles. The number of carbonyl (C=O) groups excluding carboxylic acids is 6. The van der Waals surface area contributed by atoms with E-state index < -0.39 is 88.4 Å². The maximum Gasteiger partial charge on any atom is 0.289 e. The van der Waals surface area contributed by atoms with Crippen molar-refractivity contribution < 1.29 is 42.3 Å². The second kappa shape index (κ2) is 18.1. The summed E-state index contributed by atoms with van der Waals surface area (Å²) >= 11 is 0. The lowest BCUT2D eigenvalue weighted by atomic mass is 9.82. The number of para-hydroxylation sites is 1. The average Bonchev–Trinajstić information content (AvgIpc) is 3.88. The van der Waals surface area contributed by atoms with Crippen molar-refractivity contribution in [3.63, 3.8) is 0 Å². The van der Waals surface area contributed by atoms with Crippen LogP contribution >= 0.6 is 0 Å². The Morgan fingerprint density at radius 2 is 1.64 bits per heavy atom. The van der Waals surface area contributed by atoms with Crippen LogP contribution in [0.15, 0.2) is 36.8 Å². The van der Waals surface area contributed by atoms with Gasteiger partial charge in [0.1, 0.15) is 29.9 Å². The minimum Gasteiger partial charge on any atom is -0.482 e. The molecule has 1 aliphatic heterocycles. The fourth-order valence-electron chi connectivity index (χ4n) is 7.15. The number of nitrogens with zero attached hydrogens (tertiary/aromatic N) is 3. The summed E-state index contributed by atoms with van der Waals surface area (Å²) in [7, 11) is 0. The predicted octanol–water partition coefficient (Wildman–Crippen LogP) is 3.15. The molecule has 2 saturated carbocycles. The largest absolute Gasteiger partial charge is 0.482 e. The van der Waals surface area contributed by atoms with Crippen LogP contribution in [-0.2, 0) is 24.0 Å². The van der Waals surface area contributed by atoms with Gasteiger partial charge in [-0.1, -0.05) is 59.4 Å². The first-order valence-corrected chi connectivity index (χ1v) is 19.1. The van der Waals surface area contributed by atoms with Crippen molar-refractivity contribution in [3.8, 4) is 5.75 Å². The van der Waals surface area contributed by atoms with Crippen LogP contribution in [0.25, 0.3) is 0 Å². The van der Waals surface area contributed by atoms with E-state index in [2.05, 4.69) is 31.2 Å². The van der Waals surface area contributed by atoms with E-state index in [4.69, 9.17) is 4.74 Å². The van der Waals surface area contributed by atoms with E-state index in [1.165, 1.54) is 29.6 Å². The molecule has 2 heterocycles. The molecule has 1 aromatic carbocycles. The van der Waals surface area contributed by atoms with Crippen LogP contribution in [0.2, 0.25) is 0 Å². The van der Waals surface area contributed by atoms with E-state index in [0.717, 1.165) is 44.2 Å². The van der Waals surface area contributed by atoms with Gasteiger partial charge in [-0.2, -0.15) is 0 Å². The molecule has 1 unspecified atom stereocenters. The summed E-state index contributed by atoms with van der Waals surface area (Å²) in [6.07, 6.45) is 8.94. The highest BCUT2D eigenvalue weighted by molar-refractivity contribution is 6.38. The van der Waals surface area contributed by atoms with Crippen molar-refractivity contribution >= 4 is 35.3 Å². The highest BCUT2D eigenvalue weighted by Crippen LogP contribution is 2.32. The van der Waals surface area contributed by atoms with Gasteiger partial charge < -0.3 is 30.9 Å². The molecule has 3 aliphatic rings. The van der Waals surface area contributed by atoms with Crippen molar-refractivity contribution in [1.29, 1.82) is 0 Å². The first-order valence-electron chi connectivity index (χ1n) is 19.1. The first-order chi connectivity index (χ1) is 26.2.